The first-order valence-electron chi connectivity index (χ1n) is 7.65. The van der Waals surface area contributed by atoms with Crippen molar-refractivity contribution in [3.63, 3.8) is 0 Å². The van der Waals surface area contributed by atoms with Gasteiger partial charge in [-0.2, -0.15) is 0 Å². The number of aryl methyl sites for hydroxylation is 1. The van der Waals surface area contributed by atoms with E-state index < -0.39 is 10.0 Å². The molecule has 1 N–H and O–H groups in total. The summed E-state index contributed by atoms with van der Waals surface area (Å²) in [5, 5.41) is 0.847. The molecule has 0 amide bonds. The molecule has 0 spiro atoms. The first-order chi connectivity index (χ1) is 10.9. The number of benzene rings is 2. The van der Waals surface area contributed by atoms with Crippen LogP contribution in [0.1, 0.15) is 19.4 Å². The van der Waals surface area contributed by atoms with Gasteiger partial charge in [0.1, 0.15) is 0 Å². The fraction of sp³-hybridized carbons (Fsp3) is 0.333. The fourth-order valence-corrected chi connectivity index (χ4v) is 6.17. The molecule has 0 aromatic heterocycles. The molecule has 0 saturated heterocycles. The summed E-state index contributed by atoms with van der Waals surface area (Å²) in [6, 6.07) is 17.2. The zero-order valence-corrected chi connectivity index (χ0v) is 16.2. The van der Waals surface area contributed by atoms with Gasteiger partial charge in [0.2, 0.25) is 0 Å². The van der Waals surface area contributed by atoms with Crippen LogP contribution in [0.2, 0.25) is 5.32 Å². The molecule has 0 aliphatic heterocycles. The topological polar surface area (TPSA) is 46.2 Å². The predicted molar refractivity (Wildman–Crippen MR) is 96.8 cm³/mol. The van der Waals surface area contributed by atoms with Crippen LogP contribution in [0.15, 0.2) is 59.5 Å². The maximum atomic E-state index is 12.6. The van der Waals surface area contributed by atoms with Crippen LogP contribution in [0, 0.1) is 12.8 Å². The zero-order chi connectivity index (χ0) is 16.9. The van der Waals surface area contributed by atoms with E-state index in [1.54, 1.807) is 12.1 Å². The van der Waals surface area contributed by atoms with Crippen molar-refractivity contribution >= 4 is 29.4 Å². The van der Waals surface area contributed by atoms with E-state index >= 15 is 0 Å². The summed E-state index contributed by atoms with van der Waals surface area (Å²) < 4.78 is 29.3. The summed E-state index contributed by atoms with van der Waals surface area (Å²) in [5.41, 5.74) is 1.05. The van der Waals surface area contributed by atoms with Gasteiger partial charge in [0.15, 0.2) is 0 Å². The number of hydrogen-bond donors (Lipinski definition) is 1. The predicted octanol–water partition coefficient (Wildman–Crippen LogP) is 2.75. The van der Waals surface area contributed by atoms with Crippen LogP contribution in [0.25, 0.3) is 0 Å². The van der Waals surface area contributed by atoms with Gasteiger partial charge in [-0.15, -0.1) is 0 Å². The number of hydrogen-bond acceptors (Lipinski definition) is 2. The molecular weight excluding hydrogens is 373 g/mol. The Kier molecular flexibility index (Phi) is 6.42. The Balaban J connectivity index is 2.07. The molecular formula is C18H23NO2SSe. The summed E-state index contributed by atoms with van der Waals surface area (Å²) in [6.07, 6.45) is 0. The molecule has 0 heterocycles. The van der Waals surface area contributed by atoms with E-state index in [2.05, 4.69) is 30.7 Å². The van der Waals surface area contributed by atoms with Crippen LogP contribution < -0.4 is 9.18 Å². The molecule has 0 saturated carbocycles. The van der Waals surface area contributed by atoms with Crippen LogP contribution in [-0.2, 0) is 10.0 Å². The van der Waals surface area contributed by atoms with Crippen molar-refractivity contribution in [1.29, 1.82) is 0 Å². The van der Waals surface area contributed by atoms with Gasteiger partial charge >= 0.3 is 146 Å². The molecule has 5 heteroatoms. The molecule has 124 valence electrons. The molecule has 0 fully saturated rings. The van der Waals surface area contributed by atoms with Gasteiger partial charge in [-0.3, -0.25) is 0 Å². The van der Waals surface area contributed by atoms with E-state index in [-0.39, 0.29) is 26.9 Å². The minimum atomic E-state index is -3.47. The van der Waals surface area contributed by atoms with Gasteiger partial charge in [-0.05, 0) is 0 Å². The van der Waals surface area contributed by atoms with Crippen molar-refractivity contribution in [1.82, 2.24) is 4.72 Å². The van der Waals surface area contributed by atoms with Gasteiger partial charge in [0.25, 0.3) is 0 Å². The Morgan fingerprint density at radius 2 is 1.61 bits per heavy atom. The number of sulfonamides is 1. The second-order valence-electron chi connectivity index (χ2n) is 5.91. The third kappa shape index (κ3) is 5.47. The summed E-state index contributed by atoms with van der Waals surface area (Å²) in [5.74, 6) is 0.251. The second kappa shape index (κ2) is 8.11. The molecule has 23 heavy (non-hydrogen) atoms. The van der Waals surface area contributed by atoms with E-state index in [0.717, 1.165) is 10.9 Å². The standard InChI is InChI=1S/C18H23NO2SSe/c1-14(2)18(13-23-17-7-5-4-6-8-17)19-22(20,21)16-11-9-15(3)10-12-16/h4-12,14,18-19H,13H2,1-3H3/t18-/m1/s1. The average Bonchev–Trinajstić information content (AvgIpc) is 2.52. The maximum absolute atomic E-state index is 12.6. The third-order valence-electron chi connectivity index (χ3n) is 3.62. The van der Waals surface area contributed by atoms with Crippen molar-refractivity contribution in [2.24, 2.45) is 5.92 Å². The summed E-state index contributed by atoms with van der Waals surface area (Å²) >= 11 is 0.256. The van der Waals surface area contributed by atoms with Crippen LogP contribution >= 0.6 is 0 Å². The first-order valence-corrected chi connectivity index (χ1v) is 11.2. The monoisotopic (exact) mass is 397 g/mol. The first kappa shape index (κ1) is 18.2. The summed E-state index contributed by atoms with van der Waals surface area (Å²) in [6.45, 7) is 6.07. The van der Waals surface area contributed by atoms with E-state index in [1.165, 1.54) is 4.46 Å². The molecule has 1 atom stereocenters. The SMILES string of the molecule is Cc1ccc(S(=O)(=O)N[C@H](C[Se]c2ccccc2)C(C)C)cc1. The quantitative estimate of drug-likeness (QED) is 0.732. The third-order valence-corrected chi connectivity index (χ3v) is 7.49. The van der Waals surface area contributed by atoms with Crippen LogP contribution in [0.4, 0.5) is 0 Å². The molecule has 2 aromatic carbocycles. The van der Waals surface area contributed by atoms with Gasteiger partial charge in [0, 0.05) is 0 Å². The molecule has 0 aliphatic carbocycles. The van der Waals surface area contributed by atoms with Gasteiger partial charge in [0.05, 0.1) is 0 Å². The van der Waals surface area contributed by atoms with E-state index in [0.29, 0.717) is 4.90 Å². The van der Waals surface area contributed by atoms with Gasteiger partial charge in [-0.25, -0.2) is 0 Å². The Labute approximate surface area is 145 Å². The molecule has 0 radical (unpaired) electrons. The summed E-state index contributed by atoms with van der Waals surface area (Å²) in [7, 11) is -3.47. The molecule has 0 bridgehead atoms. The molecule has 2 rings (SSSR count). The minimum absolute atomic E-state index is 0.0542. The fourth-order valence-electron chi connectivity index (χ4n) is 2.05. The second-order valence-corrected chi connectivity index (χ2v) is 9.92. The van der Waals surface area contributed by atoms with E-state index in [4.69, 9.17) is 0 Å². The van der Waals surface area contributed by atoms with Crippen LogP contribution in [-0.4, -0.2) is 29.4 Å². The summed E-state index contributed by atoms with van der Waals surface area (Å²) in [4.78, 5) is 0.334. The van der Waals surface area contributed by atoms with Crippen LogP contribution in [0.3, 0.4) is 0 Å². The Morgan fingerprint density at radius 3 is 2.17 bits per heavy atom. The van der Waals surface area contributed by atoms with Crippen molar-refractivity contribution in [3.05, 3.63) is 60.2 Å². The van der Waals surface area contributed by atoms with Crippen molar-refractivity contribution in [2.75, 3.05) is 0 Å². The van der Waals surface area contributed by atoms with E-state index in [1.807, 2.05) is 37.3 Å². The molecule has 2 aromatic rings. The molecule has 3 nitrogen and oxygen atoms in total. The van der Waals surface area contributed by atoms with Crippen molar-refractivity contribution in [3.8, 4) is 0 Å². The normalized spacial score (nSPS) is 13.2. The Bertz CT molecular complexity index is 712. The Morgan fingerprint density at radius 1 is 1.00 bits per heavy atom. The van der Waals surface area contributed by atoms with Crippen molar-refractivity contribution < 1.29 is 8.42 Å². The number of nitrogens with one attached hydrogen (secondary N) is 1. The molecule has 0 aliphatic rings. The van der Waals surface area contributed by atoms with Crippen molar-refractivity contribution in [2.45, 2.75) is 37.0 Å². The van der Waals surface area contributed by atoms with Gasteiger partial charge in [-0.1, -0.05) is 0 Å². The molecule has 0 unspecified atom stereocenters. The van der Waals surface area contributed by atoms with Gasteiger partial charge < -0.3 is 0 Å². The zero-order valence-electron chi connectivity index (χ0n) is 13.7. The average molecular weight is 396 g/mol. The number of rotatable bonds is 7. The Hall–Kier alpha value is -1.13. The van der Waals surface area contributed by atoms with E-state index in [9.17, 15) is 8.42 Å². The van der Waals surface area contributed by atoms with Crippen LogP contribution in [0.5, 0.6) is 0 Å².